The minimum Gasteiger partial charge on any atom is -0.208 e. The van der Waals surface area contributed by atoms with Crippen LogP contribution in [0, 0.1) is 0 Å². The van der Waals surface area contributed by atoms with Gasteiger partial charge in [-0.1, -0.05) is 297 Å². The minimum absolute atomic E-state index is 0.610. The van der Waals surface area contributed by atoms with E-state index in [1.807, 2.05) is 30.3 Å². The lowest BCUT2D eigenvalue weighted by molar-refractivity contribution is 1.07. The van der Waals surface area contributed by atoms with Gasteiger partial charge in [-0.2, -0.15) is 0 Å². The average Bonchev–Trinajstić information content (AvgIpc) is 3.51. The lowest BCUT2D eigenvalue weighted by Gasteiger charge is -2.19. The second-order valence-corrected chi connectivity index (χ2v) is 18.7. The Balaban J connectivity index is 0.897. The van der Waals surface area contributed by atoms with Gasteiger partial charge in [-0.05, 0) is 101 Å². The van der Waals surface area contributed by atoms with Gasteiger partial charge in [0.15, 0.2) is 17.5 Å². The van der Waals surface area contributed by atoms with E-state index in [-0.39, 0.29) is 0 Å². The van der Waals surface area contributed by atoms with E-state index in [1.54, 1.807) is 0 Å². The third kappa shape index (κ3) is 10.1. The molecular weight excluding hydrogens is 919 g/mol. The number of aromatic nitrogens is 3. The van der Waals surface area contributed by atoms with Crippen molar-refractivity contribution in [3.05, 3.63) is 354 Å². The van der Waals surface area contributed by atoms with E-state index in [1.165, 1.54) is 22.3 Å². The number of hydrogen-bond acceptors (Lipinski definition) is 3. The molecule has 0 atom stereocenters. The Morgan fingerprint density at radius 3 is 0.632 bits per heavy atom. The number of hydrogen-bond donors (Lipinski definition) is 0. The Hall–Kier alpha value is -10.1. The van der Waals surface area contributed by atoms with Crippen LogP contribution in [0.5, 0.6) is 0 Å². The van der Waals surface area contributed by atoms with Gasteiger partial charge < -0.3 is 0 Å². The lowest BCUT2D eigenvalue weighted by Crippen LogP contribution is -2.00. The van der Waals surface area contributed by atoms with Gasteiger partial charge in [-0.15, -0.1) is 0 Å². The number of rotatable bonds is 13. The van der Waals surface area contributed by atoms with Crippen molar-refractivity contribution in [3.8, 4) is 56.4 Å². The second kappa shape index (κ2) is 21.9. The Labute approximate surface area is 445 Å². The van der Waals surface area contributed by atoms with E-state index in [0.29, 0.717) is 17.5 Å². The number of benzene rings is 11. The van der Waals surface area contributed by atoms with Gasteiger partial charge in [-0.25, -0.2) is 15.0 Å². The summed E-state index contributed by atoms with van der Waals surface area (Å²) in [6.45, 7) is 0. The predicted molar refractivity (Wildman–Crippen MR) is 316 cm³/mol. The third-order valence-corrected chi connectivity index (χ3v) is 13.8. The Kier molecular flexibility index (Phi) is 13.6. The molecule has 0 unspecified atom stereocenters. The highest BCUT2D eigenvalue weighted by Crippen LogP contribution is 2.40. The molecule has 0 spiro atoms. The molecule has 0 saturated heterocycles. The van der Waals surface area contributed by atoms with Gasteiger partial charge in [0.05, 0.1) is 0 Å². The summed E-state index contributed by atoms with van der Waals surface area (Å²) < 4.78 is 0. The maximum atomic E-state index is 5.17. The zero-order valence-electron chi connectivity index (χ0n) is 41.8. The van der Waals surface area contributed by atoms with Crippen LogP contribution < -0.4 is 0 Å². The van der Waals surface area contributed by atoms with Gasteiger partial charge in [0.1, 0.15) is 0 Å². The Bertz CT molecular complexity index is 3630. The van der Waals surface area contributed by atoms with Crippen molar-refractivity contribution in [2.24, 2.45) is 0 Å². The first-order valence-electron chi connectivity index (χ1n) is 25.8. The van der Waals surface area contributed by atoms with Crippen LogP contribution in [0.1, 0.15) is 44.5 Å². The van der Waals surface area contributed by atoms with E-state index < -0.39 is 0 Å². The van der Waals surface area contributed by atoms with E-state index in [4.69, 9.17) is 15.0 Å². The molecule has 0 aliphatic carbocycles. The van der Waals surface area contributed by atoms with Crippen molar-refractivity contribution in [2.45, 2.75) is 0 Å². The standard InChI is InChI=1S/C73H51N3/c1-8-24-54(25-9-1)67(55-26-10-2-11-27-55)69(58-32-16-5-17-33-58)65-40-22-38-63(50-65)52-42-46-61(47-43-52)72-74-71(60-36-20-7-21-37-60)75-73(76-72)62-48-44-53(45-49-62)64-39-23-41-66(51-64)70(59-34-18-6-19-35-59)68(56-28-12-3-13-29-56)57-30-14-4-15-31-57/h1-51H. The maximum Gasteiger partial charge on any atom is 0.164 e. The Morgan fingerprint density at radius 1 is 0.158 bits per heavy atom. The van der Waals surface area contributed by atoms with Gasteiger partial charge in [0, 0.05) is 16.7 Å². The largest absolute Gasteiger partial charge is 0.208 e. The first-order valence-corrected chi connectivity index (χ1v) is 25.8. The molecule has 0 fully saturated rings. The van der Waals surface area contributed by atoms with Crippen molar-refractivity contribution in [1.82, 2.24) is 15.0 Å². The Morgan fingerprint density at radius 2 is 0.355 bits per heavy atom. The average molecular weight is 970 g/mol. The third-order valence-electron chi connectivity index (χ3n) is 13.8. The second-order valence-electron chi connectivity index (χ2n) is 18.7. The molecule has 3 heteroatoms. The van der Waals surface area contributed by atoms with Crippen LogP contribution in [0.4, 0.5) is 0 Å². The summed E-state index contributed by atoms with van der Waals surface area (Å²) in [5, 5.41) is 0. The molecule has 3 nitrogen and oxygen atoms in total. The van der Waals surface area contributed by atoms with Crippen LogP contribution in [0.15, 0.2) is 309 Å². The van der Waals surface area contributed by atoms with Gasteiger partial charge in [0.2, 0.25) is 0 Å². The van der Waals surface area contributed by atoms with Crippen LogP contribution in [-0.4, -0.2) is 15.0 Å². The molecule has 12 rings (SSSR count). The molecule has 0 saturated carbocycles. The molecular formula is C73H51N3. The molecule has 0 aliphatic heterocycles. The minimum atomic E-state index is 0.610. The van der Waals surface area contributed by atoms with E-state index in [0.717, 1.165) is 83.5 Å². The molecule has 12 aromatic rings. The molecule has 1 aromatic heterocycles. The molecule has 1 heterocycles. The predicted octanol–water partition coefficient (Wildman–Crippen LogP) is 18.2. The molecule has 0 radical (unpaired) electrons. The molecule has 11 aromatic carbocycles. The van der Waals surface area contributed by atoms with E-state index in [9.17, 15) is 0 Å². The highest BCUT2D eigenvalue weighted by atomic mass is 15.0. The van der Waals surface area contributed by atoms with E-state index >= 15 is 0 Å². The van der Waals surface area contributed by atoms with Crippen molar-refractivity contribution < 1.29 is 0 Å². The molecule has 0 N–H and O–H groups in total. The fraction of sp³-hybridized carbons (Fsp3) is 0. The van der Waals surface area contributed by atoms with Crippen LogP contribution in [0.25, 0.3) is 78.7 Å². The summed E-state index contributed by atoms with van der Waals surface area (Å²) in [5.74, 6) is 1.84. The molecule has 0 amide bonds. The summed E-state index contributed by atoms with van der Waals surface area (Å²) in [5.41, 5.74) is 21.1. The van der Waals surface area contributed by atoms with Crippen molar-refractivity contribution in [3.63, 3.8) is 0 Å². The molecule has 0 aliphatic rings. The van der Waals surface area contributed by atoms with Crippen molar-refractivity contribution >= 4 is 22.3 Å². The lowest BCUT2D eigenvalue weighted by atomic mass is 9.85. The zero-order valence-corrected chi connectivity index (χ0v) is 41.8. The van der Waals surface area contributed by atoms with Gasteiger partial charge in [-0.3, -0.25) is 0 Å². The highest BCUT2D eigenvalue weighted by Gasteiger charge is 2.20. The fourth-order valence-electron chi connectivity index (χ4n) is 10.1. The normalized spacial score (nSPS) is 10.9. The SMILES string of the molecule is c1ccc(C(=C(c2ccccc2)c2cccc(-c3ccc(-c4nc(-c5ccccc5)nc(-c5ccc(-c6cccc(C(=C(c7ccccc7)c7ccccc7)c7ccccc7)c6)cc5)n4)cc3)c2)c2ccccc2)cc1. The van der Waals surface area contributed by atoms with Gasteiger partial charge in [0.25, 0.3) is 0 Å². The van der Waals surface area contributed by atoms with Crippen molar-refractivity contribution in [2.75, 3.05) is 0 Å². The van der Waals surface area contributed by atoms with Crippen molar-refractivity contribution in [1.29, 1.82) is 0 Å². The summed E-state index contributed by atoms with van der Waals surface area (Å²) >= 11 is 0. The smallest absolute Gasteiger partial charge is 0.164 e. The zero-order chi connectivity index (χ0) is 50.9. The summed E-state index contributed by atoms with van der Waals surface area (Å²) in [7, 11) is 0. The van der Waals surface area contributed by atoms with Gasteiger partial charge >= 0.3 is 0 Å². The highest BCUT2D eigenvalue weighted by molar-refractivity contribution is 6.06. The molecule has 76 heavy (non-hydrogen) atoms. The first kappa shape index (κ1) is 46.9. The fourth-order valence-corrected chi connectivity index (χ4v) is 10.1. The number of nitrogens with zero attached hydrogens (tertiary/aromatic N) is 3. The summed E-state index contributed by atoms with van der Waals surface area (Å²) in [4.78, 5) is 15.3. The topological polar surface area (TPSA) is 38.7 Å². The molecule has 358 valence electrons. The van der Waals surface area contributed by atoms with Crippen LogP contribution in [0.2, 0.25) is 0 Å². The maximum absolute atomic E-state index is 5.17. The molecule has 0 bridgehead atoms. The first-order chi connectivity index (χ1) is 37.7. The summed E-state index contributed by atoms with van der Waals surface area (Å²) in [6.07, 6.45) is 0. The summed E-state index contributed by atoms with van der Waals surface area (Å²) in [6, 6.07) is 109. The van der Waals surface area contributed by atoms with Crippen LogP contribution in [-0.2, 0) is 0 Å². The quantitative estimate of drug-likeness (QED) is 0.108. The van der Waals surface area contributed by atoms with E-state index in [2.05, 4.69) is 279 Å². The van der Waals surface area contributed by atoms with Crippen LogP contribution in [0.3, 0.4) is 0 Å². The monoisotopic (exact) mass is 969 g/mol. The van der Waals surface area contributed by atoms with Crippen LogP contribution >= 0.6 is 0 Å².